The van der Waals surface area contributed by atoms with E-state index in [0.29, 0.717) is 29.4 Å². The highest BCUT2D eigenvalue weighted by Crippen LogP contribution is 2.33. The van der Waals surface area contributed by atoms with E-state index in [0.717, 1.165) is 49.1 Å². The number of amides is 1. The number of benzene rings is 1. The molecule has 3 aromatic heterocycles. The topological polar surface area (TPSA) is 116 Å². The van der Waals surface area contributed by atoms with Crippen LogP contribution in [0.2, 0.25) is 0 Å². The van der Waals surface area contributed by atoms with E-state index in [2.05, 4.69) is 44.6 Å². The van der Waals surface area contributed by atoms with Gasteiger partial charge >= 0.3 is 0 Å². The van der Waals surface area contributed by atoms with Crippen LogP contribution in [0.1, 0.15) is 36.8 Å². The molecule has 190 valence electrons. The van der Waals surface area contributed by atoms with Gasteiger partial charge in [0.05, 0.1) is 17.6 Å². The Balaban J connectivity index is 1.38. The molecule has 1 aliphatic heterocycles. The molecule has 0 aliphatic carbocycles. The molecule has 0 radical (unpaired) electrons. The van der Waals surface area contributed by atoms with Gasteiger partial charge in [0.2, 0.25) is 5.91 Å². The largest absolute Gasteiger partial charge is 0.342 e. The maximum Gasteiger partial charge on any atom is 0.259 e. The average molecular weight is 498 g/mol. The number of likely N-dealkylation sites (N-methyl/N-ethyl adjacent to an activating group) is 1. The van der Waals surface area contributed by atoms with E-state index in [9.17, 15) is 9.59 Å². The molecule has 0 bridgehead atoms. The van der Waals surface area contributed by atoms with Gasteiger partial charge in [-0.05, 0) is 73.0 Å². The Kier molecular flexibility index (Phi) is 7.23. The maximum absolute atomic E-state index is 12.7. The Morgan fingerprint density at radius 2 is 1.92 bits per heavy atom. The summed E-state index contributed by atoms with van der Waals surface area (Å²) in [6, 6.07) is 10.0. The zero-order valence-corrected chi connectivity index (χ0v) is 21.1. The number of piperidine rings is 1. The highest BCUT2D eigenvalue weighted by atomic mass is 16.2. The fourth-order valence-electron chi connectivity index (χ4n) is 5.02. The molecule has 3 N–H and O–H groups in total. The summed E-state index contributed by atoms with van der Waals surface area (Å²) in [5, 5.41) is 7.78. The smallest absolute Gasteiger partial charge is 0.259 e. The van der Waals surface area contributed by atoms with Crippen molar-refractivity contribution in [1.29, 1.82) is 0 Å². The van der Waals surface area contributed by atoms with Gasteiger partial charge in [-0.25, -0.2) is 15.0 Å². The predicted octanol–water partition coefficient (Wildman–Crippen LogP) is 3.75. The number of hydrogen-bond donors (Lipinski definition) is 3. The minimum atomic E-state index is -0.202. The Morgan fingerprint density at radius 1 is 1.14 bits per heavy atom. The first-order chi connectivity index (χ1) is 18.0. The van der Waals surface area contributed by atoms with Crippen molar-refractivity contribution in [2.45, 2.75) is 32.6 Å². The van der Waals surface area contributed by atoms with Crippen LogP contribution in [-0.2, 0) is 4.79 Å². The van der Waals surface area contributed by atoms with Gasteiger partial charge in [-0.1, -0.05) is 13.0 Å². The Labute approximate surface area is 215 Å². The van der Waals surface area contributed by atoms with E-state index in [4.69, 9.17) is 4.98 Å². The van der Waals surface area contributed by atoms with Crippen LogP contribution in [0.4, 0.5) is 11.5 Å². The van der Waals surface area contributed by atoms with Crippen LogP contribution in [-0.4, -0.2) is 56.9 Å². The molecule has 4 aromatic rings. The molecule has 1 aromatic carbocycles. The van der Waals surface area contributed by atoms with Gasteiger partial charge in [0.15, 0.2) is 0 Å². The number of pyridine rings is 2. The highest BCUT2D eigenvalue weighted by molar-refractivity contribution is 5.95. The Bertz CT molecular complexity index is 1460. The molecule has 0 unspecified atom stereocenters. The van der Waals surface area contributed by atoms with E-state index in [1.165, 1.54) is 17.5 Å². The monoisotopic (exact) mass is 497 g/mol. The molecule has 4 heterocycles. The number of aromatic amines is 1. The number of hydrogen-bond acceptors (Lipinski definition) is 7. The Hall–Kier alpha value is -4.11. The zero-order chi connectivity index (χ0) is 25.8. The number of H-pyrrole nitrogens is 1. The van der Waals surface area contributed by atoms with Crippen molar-refractivity contribution in [3.05, 3.63) is 76.7 Å². The first-order valence-corrected chi connectivity index (χ1v) is 12.7. The third-order valence-electron chi connectivity index (χ3n) is 6.96. The zero-order valence-electron chi connectivity index (χ0n) is 21.1. The minimum absolute atomic E-state index is 0.176. The van der Waals surface area contributed by atoms with Crippen molar-refractivity contribution < 1.29 is 4.79 Å². The Morgan fingerprint density at radius 3 is 2.65 bits per heavy atom. The van der Waals surface area contributed by atoms with Crippen LogP contribution >= 0.6 is 0 Å². The lowest BCUT2D eigenvalue weighted by Gasteiger charge is -2.33. The predicted molar refractivity (Wildman–Crippen MR) is 145 cm³/mol. The molecule has 1 aliphatic rings. The molecular formula is C28H31N7O2. The number of nitrogens with zero attached hydrogens (tertiary/aromatic N) is 4. The van der Waals surface area contributed by atoms with Gasteiger partial charge in [0.25, 0.3) is 5.56 Å². The molecule has 5 rings (SSSR count). The van der Waals surface area contributed by atoms with Crippen molar-refractivity contribution in [2.75, 3.05) is 31.5 Å². The van der Waals surface area contributed by atoms with Gasteiger partial charge in [0, 0.05) is 42.9 Å². The van der Waals surface area contributed by atoms with Gasteiger partial charge in [-0.2, -0.15) is 0 Å². The molecule has 0 saturated carbocycles. The van der Waals surface area contributed by atoms with Crippen LogP contribution in [0, 0.1) is 6.92 Å². The second-order valence-electron chi connectivity index (χ2n) is 9.39. The standard InChI is InChI=1S/C28H31N7O2/c1-3-29-16-25(36)35-10-7-19(8-11-35)23-5-4-22(12-18(23)2)33-27-26-20(6-9-32-28(26)37)13-24(34-27)21-14-30-17-31-15-21/h4-6,9,12-15,17,19,29H,3,7-8,10-11,16H2,1-2H3,(H,32,37)(H,33,34). The first-order valence-electron chi connectivity index (χ1n) is 12.7. The number of nitrogens with one attached hydrogen (secondary N) is 3. The van der Waals surface area contributed by atoms with Crippen molar-refractivity contribution >= 4 is 28.2 Å². The summed E-state index contributed by atoms with van der Waals surface area (Å²) in [6.45, 7) is 6.88. The van der Waals surface area contributed by atoms with Crippen LogP contribution in [0.15, 0.2) is 60.0 Å². The quantitative estimate of drug-likeness (QED) is 0.356. The minimum Gasteiger partial charge on any atom is -0.342 e. The molecule has 1 fully saturated rings. The normalized spacial score (nSPS) is 14.2. The molecular weight excluding hydrogens is 466 g/mol. The SMILES string of the molecule is CCNCC(=O)N1CCC(c2ccc(Nc3nc(-c4cncnc4)cc4cc[nH]c(=O)c34)cc2C)CC1. The number of carbonyl (C=O) groups is 1. The molecule has 1 amide bonds. The summed E-state index contributed by atoms with van der Waals surface area (Å²) >= 11 is 0. The van der Waals surface area contributed by atoms with E-state index >= 15 is 0 Å². The van der Waals surface area contributed by atoms with Crippen LogP contribution in [0.5, 0.6) is 0 Å². The van der Waals surface area contributed by atoms with Crippen LogP contribution in [0.3, 0.4) is 0 Å². The summed E-state index contributed by atoms with van der Waals surface area (Å²) in [6.07, 6.45) is 8.43. The van der Waals surface area contributed by atoms with Crippen LogP contribution < -0.4 is 16.2 Å². The lowest BCUT2D eigenvalue weighted by Crippen LogP contribution is -2.42. The highest BCUT2D eigenvalue weighted by Gasteiger charge is 2.24. The summed E-state index contributed by atoms with van der Waals surface area (Å²) in [5.41, 5.74) is 4.59. The molecule has 0 atom stereocenters. The van der Waals surface area contributed by atoms with E-state index in [1.54, 1.807) is 18.6 Å². The van der Waals surface area contributed by atoms with Crippen molar-refractivity contribution in [3.8, 4) is 11.3 Å². The van der Waals surface area contributed by atoms with Gasteiger partial charge in [-0.15, -0.1) is 0 Å². The number of aryl methyl sites for hydroxylation is 1. The van der Waals surface area contributed by atoms with Gasteiger partial charge in [-0.3, -0.25) is 9.59 Å². The number of rotatable bonds is 7. The molecule has 37 heavy (non-hydrogen) atoms. The molecule has 9 heteroatoms. The lowest BCUT2D eigenvalue weighted by molar-refractivity contribution is -0.131. The second-order valence-corrected chi connectivity index (χ2v) is 9.39. The number of fused-ring (bicyclic) bond motifs is 1. The summed E-state index contributed by atoms with van der Waals surface area (Å²) in [4.78, 5) is 42.7. The third-order valence-corrected chi connectivity index (χ3v) is 6.96. The number of anilines is 2. The van der Waals surface area contributed by atoms with Gasteiger partial charge in [0.1, 0.15) is 12.1 Å². The number of aromatic nitrogens is 4. The van der Waals surface area contributed by atoms with Crippen molar-refractivity contribution in [3.63, 3.8) is 0 Å². The van der Waals surface area contributed by atoms with Crippen LogP contribution in [0.25, 0.3) is 22.0 Å². The molecule has 9 nitrogen and oxygen atoms in total. The van der Waals surface area contributed by atoms with E-state index < -0.39 is 0 Å². The average Bonchev–Trinajstić information content (AvgIpc) is 2.92. The van der Waals surface area contributed by atoms with Crippen molar-refractivity contribution in [2.24, 2.45) is 0 Å². The summed E-state index contributed by atoms with van der Waals surface area (Å²) < 4.78 is 0. The lowest BCUT2D eigenvalue weighted by atomic mass is 9.86. The first kappa shape index (κ1) is 24.6. The molecule has 0 spiro atoms. The molecule has 1 saturated heterocycles. The second kappa shape index (κ2) is 10.9. The van der Waals surface area contributed by atoms with E-state index in [-0.39, 0.29) is 11.5 Å². The van der Waals surface area contributed by atoms with Gasteiger partial charge < -0.3 is 20.5 Å². The fourth-order valence-corrected chi connectivity index (χ4v) is 5.02. The van der Waals surface area contributed by atoms with Crippen molar-refractivity contribution in [1.82, 2.24) is 30.2 Å². The maximum atomic E-state index is 12.7. The third kappa shape index (κ3) is 5.36. The fraction of sp³-hybridized carbons (Fsp3) is 0.321. The van der Waals surface area contributed by atoms with E-state index in [1.807, 2.05) is 30.0 Å². The summed E-state index contributed by atoms with van der Waals surface area (Å²) in [7, 11) is 0. The summed E-state index contributed by atoms with van der Waals surface area (Å²) in [5.74, 6) is 1.08. The number of likely N-dealkylation sites (tertiary alicyclic amines) is 1. The number of carbonyl (C=O) groups excluding carboxylic acids is 1.